The smallest absolute Gasteiger partial charge is 0.132 e. The van der Waals surface area contributed by atoms with Gasteiger partial charge in [-0.3, -0.25) is 0 Å². The minimum absolute atomic E-state index is 0.304. The summed E-state index contributed by atoms with van der Waals surface area (Å²) in [6, 6.07) is 38.9. The van der Waals surface area contributed by atoms with Gasteiger partial charge < -0.3 is 10.1 Å². The number of aromatic amines is 1. The zero-order valence-corrected chi connectivity index (χ0v) is 17.4. The van der Waals surface area contributed by atoms with E-state index in [4.69, 9.17) is 0 Å². The predicted octanol–water partition coefficient (Wildman–Crippen LogP) is 8.03. The van der Waals surface area contributed by atoms with Crippen LogP contribution in [0.25, 0.3) is 55.2 Å². The van der Waals surface area contributed by atoms with Gasteiger partial charge in [0.1, 0.15) is 5.75 Å². The summed E-state index contributed by atoms with van der Waals surface area (Å²) in [5.74, 6) is 0.304. The Morgan fingerprint density at radius 2 is 0.938 bits per heavy atom. The average Bonchev–Trinajstić information content (AvgIpc) is 3.24. The van der Waals surface area contributed by atoms with Crippen LogP contribution in [-0.4, -0.2) is 10.1 Å². The van der Waals surface area contributed by atoms with Crippen LogP contribution in [-0.2, 0) is 0 Å². The Labute approximate surface area is 186 Å². The van der Waals surface area contributed by atoms with E-state index < -0.39 is 0 Å². The van der Waals surface area contributed by atoms with Crippen LogP contribution in [0.4, 0.5) is 0 Å². The molecule has 0 aliphatic heterocycles. The first kappa shape index (κ1) is 18.5. The van der Waals surface area contributed by atoms with Crippen LogP contribution in [0.3, 0.4) is 0 Å². The molecular weight excluding hydrogens is 390 g/mol. The fourth-order valence-corrected chi connectivity index (χ4v) is 4.74. The van der Waals surface area contributed by atoms with Gasteiger partial charge >= 0.3 is 0 Å². The van der Waals surface area contributed by atoms with E-state index in [-0.39, 0.29) is 0 Å². The number of rotatable bonds is 3. The van der Waals surface area contributed by atoms with Crippen LogP contribution in [0.1, 0.15) is 0 Å². The molecule has 6 rings (SSSR count). The largest absolute Gasteiger partial charge is 0.507 e. The Balaban J connectivity index is 1.88. The molecule has 0 aliphatic carbocycles. The normalized spacial score (nSPS) is 11.2. The third-order valence-corrected chi connectivity index (χ3v) is 6.12. The Morgan fingerprint density at radius 1 is 0.469 bits per heavy atom. The van der Waals surface area contributed by atoms with E-state index in [0.29, 0.717) is 5.75 Å². The molecule has 2 N–H and O–H groups in total. The van der Waals surface area contributed by atoms with Crippen molar-refractivity contribution in [1.29, 1.82) is 0 Å². The molecule has 2 heteroatoms. The summed E-state index contributed by atoms with van der Waals surface area (Å²) < 4.78 is 0. The first-order valence-electron chi connectivity index (χ1n) is 10.8. The molecule has 6 aromatic rings. The van der Waals surface area contributed by atoms with Crippen LogP contribution < -0.4 is 0 Å². The summed E-state index contributed by atoms with van der Waals surface area (Å²) in [6.45, 7) is 0. The van der Waals surface area contributed by atoms with Crippen molar-refractivity contribution in [3.05, 3.63) is 115 Å². The molecule has 0 aliphatic rings. The summed E-state index contributed by atoms with van der Waals surface area (Å²) in [5, 5.41) is 14.0. The van der Waals surface area contributed by atoms with Crippen LogP contribution in [0.15, 0.2) is 115 Å². The summed E-state index contributed by atoms with van der Waals surface area (Å²) in [4.78, 5) is 3.68. The number of para-hydroxylation sites is 1. The quantitative estimate of drug-likeness (QED) is 0.304. The van der Waals surface area contributed by atoms with E-state index in [0.717, 1.165) is 55.2 Å². The number of aromatic nitrogens is 1. The van der Waals surface area contributed by atoms with Crippen molar-refractivity contribution in [2.45, 2.75) is 0 Å². The summed E-state index contributed by atoms with van der Waals surface area (Å²) >= 11 is 0. The highest BCUT2D eigenvalue weighted by Gasteiger charge is 2.25. The van der Waals surface area contributed by atoms with Crippen molar-refractivity contribution in [3.8, 4) is 39.1 Å². The highest BCUT2D eigenvalue weighted by atomic mass is 16.3. The number of hydrogen-bond donors (Lipinski definition) is 2. The van der Waals surface area contributed by atoms with Gasteiger partial charge in [-0.15, -0.1) is 0 Å². The number of aromatic hydroxyl groups is 1. The topological polar surface area (TPSA) is 36.0 Å². The van der Waals surface area contributed by atoms with Crippen LogP contribution >= 0.6 is 0 Å². The second kappa shape index (κ2) is 7.44. The van der Waals surface area contributed by atoms with Crippen LogP contribution in [0, 0.1) is 0 Å². The second-order valence-electron chi connectivity index (χ2n) is 7.99. The van der Waals surface area contributed by atoms with E-state index in [1.54, 1.807) is 0 Å². The number of benzene rings is 5. The van der Waals surface area contributed by atoms with Gasteiger partial charge in [0.2, 0.25) is 0 Å². The number of phenols is 1. The molecule has 2 nitrogen and oxygen atoms in total. The first-order chi connectivity index (χ1) is 15.8. The fraction of sp³-hybridized carbons (Fsp3) is 0. The summed E-state index contributed by atoms with van der Waals surface area (Å²) in [5.41, 5.74) is 7.86. The number of nitrogens with one attached hydrogen (secondary N) is 1. The molecule has 1 heterocycles. The van der Waals surface area contributed by atoms with Gasteiger partial charge in [-0.25, -0.2) is 0 Å². The zero-order valence-electron chi connectivity index (χ0n) is 17.4. The molecule has 0 fully saturated rings. The van der Waals surface area contributed by atoms with Gasteiger partial charge in [0, 0.05) is 33.0 Å². The third-order valence-electron chi connectivity index (χ3n) is 6.12. The van der Waals surface area contributed by atoms with Crippen molar-refractivity contribution in [1.82, 2.24) is 4.98 Å². The number of fused-ring (bicyclic) bond motifs is 3. The highest BCUT2D eigenvalue weighted by molar-refractivity contribution is 6.22. The highest BCUT2D eigenvalue weighted by Crippen LogP contribution is 2.51. The maximum atomic E-state index is 11.9. The van der Waals surface area contributed by atoms with Crippen molar-refractivity contribution in [2.24, 2.45) is 0 Å². The van der Waals surface area contributed by atoms with Gasteiger partial charge in [0.05, 0.1) is 5.52 Å². The zero-order chi connectivity index (χ0) is 21.5. The van der Waals surface area contributed by atoms with Gasteiger partial charge in [-0.05, 0) is 22.8 Å². The minimum Gasteiger partial charge on any atom is -0.507 e. The maximum Gasteiger partial charge on any atom is 0.132 e. The monoisotopic (exact) mass is 411 g/mol. The summed E-state index contributed by atoms with van der Waals surface area (Å²) in [7, 11) is 0. The number of H-pyrrole nitrogens is 1. The van der Waals surface area contributed by atoms with Crippen molar-refractivity contribution >= 4 is 21.8 Å². The average molecular weight is 412 g/mol. The molecule has 0 spiro atoms. The SMILES string of the molecule is Oc1c(-c2ccccc2)c(-c2ccccc2)c2[nH]c3ccccc3c2c1-c1ccccc1. The summed E-state index contributed by atoms with van der Waals surface area (Å²) in [6.07, 6.45) is 0. The van der Waals surface area contributed by atoms with Crippen molar-refractivity contribution < 1.29 is 5.11 Å². The van der Waals surface area contributed by atoms with E-state index >= 15 is 0 Å². The molecule has 5 aromatic carbocycles. The van der Waals surface area contributed by atoms with E-state index in [1.165, 1.54) is 0 Å². The molecule has 0 amide bonds. The molecule has 0 saturated heterocycles. The Bertz CT molecular complexity index is 1550. The molecule has 0 bridgehead atoms. The molecule has 1 aromatic heterocycles. The lowest BCUT2D eigenvalue weighted by molar-refractivity contribution is 0.480. The lowest BCUT2D eigenvalue weighted by Gasteiger charge is -2.18. The Hall–Kier alpha value is -4.30. The molecular formula is C30H21NO. The maximum absolute atomic E-state index is 11.9. The Kier molecular flexibility index (Phi) is 4.29. The first-order valence-corrected chi connectivity index (χ1v) is 10.8. The van der Waals surface area contributed by atoms with Crippen molar-refractivity contribution in [2.75, 3.05) is 0 Å². The molecule has 152 valence electrons. The minimum atomic E-state index is 0.304. The molecule has 0 saturated carbocycles. The van der Waals surface area contributed by atoms with E-state index in [9.17, 15) is 5.11 Å². The van der Waals surface area contributed by atoms with E-state index in [2.05, 4.69) is 59.6 Å². The van der Waals surface area contributed by atoms with E-state index in [1.807, 2.05) is 60.7 Å². The standard InChI is InChI=1S/C30H21NO/c32-30-26(21-14-6-2-7-15-21)25(20-12-4-1-5-13-20)29-28(23-18-10-11-19-24(23)31-29)27(30)22-16-8-3-9-17-22/h1-19,31-32H. The molecule has 0 atom stereocenters. The lowest BCUT2D eigenvalue weighted by Crippen LogP contribution is -1.92. The molecule has 32 heavy (non-hydrogen) atoms. The third kappa shape index (κ3) is 2.81. The predicted molar refractivity (Wildman–Crippen MR) is 134 cm³/mol. The fourth-order valence-electron chi connectivity index (χ4n) is 4.74. The number of phenolic OH excluding ortho intramolecular Hbond substituents is 1. The number of hydrogen-bond acceptors (Lipinski definition) is 1. The van der Waals surface area contributed by atoms with Crippen molar-refractivity contribution in [3.63, 3.8) is 0 Å². The van der Waals surface area contributed by atoms with Gasteiger partial charge in [0.25, 0.3) is 0 Å². The molecule has 0 radical (unpaired) electrons. The van der Waals surface area contributed by atoms with Gasteiger partial charge in [-0.1, -0.05) is 109 Å². The lowest BCUT2D eigenvalue weighted by atomic mass is 9.86. The molecule has 0 unspecified atom stereocenters. The van der Waals surface area contributed by atoms with Gasteiger partial charge in [-0.2, -0.15) is 0 Å². The van der Waals surface area contributed by atoms with Crippen LogP contribution in [0.5, 0.6) is 5.75 Å². The second-order valence-corrected chi connectivity index (χ2v) is 7.99. The van der Waals surface area contributed by atoms with Crippen LogP contribution in [0.2, 0.25) is 0 Å². The van der Waals surface area contributed by atoms with Gasteiger partial charge in [0.15, 0.2) is 0 Å². The Morgan fingerprint density at radius 3 is 1.53 bits per heavy atom.